The SMILES string of the molecule is CC1(C)CCCN(CC(=O)NC2CCCC2)C1C(=O)O. The molecule has 1 heterocycles. The number of carbonyl (C=O) groups excluding carboxylic acids is 1. The Morgan fingerprint density at radius 2 is 1.90 bits per heavy atom. The number of amides is 1. The fourth-order valence-corrected chi connectivity index (χ4v) is 3.69. The standard InChI is InChI=1S/C15H26N2O3/c1-15(2)8-5-9-17(13(15)14(19)20)10-12(18)16-11-6-3-4-7-11/h11,13H,3-10H2,1-2H3,(H,16,18)(H,19,20). The van der Waals surface area contributed by atoms with Crippen LogP contribution in [0.15, 0.2) is 0 Å². The molecule has 1 saturated heterocycles. The monoisotopic (exact) mass is 282 g/mol. The van der Waals surface area contributed by atoms with E-state index in [-0.39, 0.29) is 17.9 Å². The van der Waals surface area contributed by atoms with Crippen LogP contribution < -0.4 is 5.32 Å². The molecule has 20 heavy (non-hydrogen) atoms. The molecule has 1 amide bonds. The van der Waals surface area contributed by atoms with Crippen LogP contribution in [0.2, 0.25) is 0 Å². The van der Waals surface area contributed by atoms with Gasteiger partial charge in [-0.1, -0.05) is 26.7 Å². The number of likely N-dealkylation sites (tertiary alicyclic amines) is 1. The number of hydrogen-bond acceptors (Lipinski definition) is 3. The molecule has 2 rings (SSSR count). The summed E-state index contributed by atoms with van der Waals surface area (Å²) in [5, 5.41) is 12.5. The molecular weight excluding hydrogens is 256 g/mol. The third-order valence-corrected chi connectivity index (χ3v) is 4.67. The maximum Gasteiger partial charge on any atom is 0.321 e. The summed E-state index contributed by atoms with van der Waals surface area (Å²) in [7, 11) is 0. The predicted octanol–water partition coefficient (Wildman–Crippen LogP) is 1.62. The predicted molar refractivity (Wildman–Crippen MR) is 76.4 cm³/mol. The Hall–Kier alpha value is -1.10. The summed E-state index contributed by atoms with van der Waals surface area (Å²) < 4.78 is 0. The lowest BCUT2D eigenvalue weighted by Crippen LogP contribution is -2.56. The van der Waals surface area contributed by atoms with E-state index in [4.69, 9.17) is 0 Å². The summed E-state index contributed by atoms with van der Waals surface area (Å²) in [5.74, 6) is -0.843. The quantitative estimate of drug-likeness (QED) is 0.822. The van der Waals surface area contributed by atoms with Crippen LogP contribution >= 0.6 is 0 Å². The minimum atomic E-state index is -0.816. The highest BCUT2D eigenvalue weighted by atomic mass is 16.4. The van der Waals surface area contributed by atoms with E-state index in [0.717, 1.165) is 25.7 Å². The zero-order chi connectivity index (χ0) is 14.8. The van der Waals surface area contributed by atoms with Crippen LogP contribution in [0.1, 0.15) is 52.4 Å². The smallest absolute Gasteiger partial charge is 0.321 e. The van der Waals surface area contributed by atoms with Crippen LogP contribution in [0.4, 0.5) is 0 Å². The minimum Gasteiger partial charge on any atom is -0.480 e. The molecule has 0 aromatic rings. The van der Waals surface area contributed by atoms with Gasteiger partial charge in [0.15, 0.2) is 0 Å². The third kappa shape index (κ3) is 3.51. The van der Waals surface area contributed by atoms with Crippen molar-refractivity contribution in [3.8, 4) is 0 Å². The molecule has 1 aliphatic heterocycles. The lowest BCUT2D eigenvalue weighted by molar-refractivity contribution is -0.151. The van der Waals surface area contributed by atoms with Crippen molar-refractivity contribution in [2.75, 3.05) is 13.1 Å². The Morgan fingerprint density at radius 3 is 2.50 bits per heavy atom. The number of piperidine rings is 1. The molecule has 0 bridgehead atoms. The number of aliphatic carboxylic acids is 1. The summed E-state index contributed by atoms with van der Waals surface area (Å²) in [6, 6.07) is -0.269. The second kappa shape index (κ2) is 6.12. The van der Waals surface area contributed by atoms with Crippen LogP contribution in [-0.4, -0.2) is 47.1 Å². The highest BCUT2D eigenvalue weighted by Crippen LogP contribution is 2.35. The average Bonchev–Trinajstić information content (AvgIpc) is 2.79. The van der Waals surface area contributed by atoms with Crippen LogP contribution in [0.5, 0.6) is 0 Å². The Kier molecular flexibility index (Phi) is 4.68. The van der Waals surface area contributed by atoms with Gasteiger partial charge in [0.05, 0.1) is 6.54 Å². The van der Waals surface area contributed by atoms with Gasteiger partial charge in [-0.15, -0.1) is 0 Å². The fourth-order valence-electron chi connectivity index (χ4n) is 3.69. The van der Waals surface area contributed by atoms with Gasteiger partial charge in [0.1, 0.15) is 6.04 Å². The molecule has 0 radical (unpaired) electrons. The van der Waals surface area contributed by atoms with Crippen LogP contribution in [-0.2, 0) is 9.59 Å². The Morgan fingerprint density at radius 1 is 1.25 bits per heavy atom. The first kappa shape index (κ1) is 15.3. The van der Waals surface area contributed by atoms with Gasteiger partial charge < -0.3 is 10.4 Å². The van der Waals surface area contributed by atoms with Crippen molar-refractivity contribution >= 4 is 11.9 Å². The van der Waals surface area contributed by atoms with E-state index in [0.29, 0.717) is 12.6 Å². The van der Waals surface area contributed by atoms with Gasteiger partial charge in [-0.05, 0) is 37.6 Å². The number of nitrogens with one attached hydrogen (secondary N) is 1. The number of rotatable bonds is 4. The first-order valence-corrected chi connectivity index (χ1v) is 7.66. The molecule has 1 saturated carbocycles. The van der Waals surface area contributed by atoms with E-state index in [2.05, 4.69) is 5.32 Å². The van der Waals surface area contributed by atoms with Crippen LogP contribution in [0.25, 0.3) is 0 Å². The Labute approximate surface area is 120 Å². The lowest BCUT2D eigenvalue weighted by atomic mass is 9.76. The number of hydrogen-bond donors (Lipinski definition) is 2. The maximum absolute atomic E-state index is 12.1. The molecule has 0 spiro atoms. The molecule has 5 nitrogen and oxygen atoms in total. The van der Waals surface area contributed by atoms with Crippen molar-refractivity contribution < 1.29 is 14.7 Å². The first-order chi connectivity index (χ1) is 9.40. The topological polar surface area (TPSA) is 69.6 Å². The van der Waals surface area contributed by atoms with Crippen molar-refractivity contribution in [3.63, 3.8) is 0 Å². The molecule has 5 heteroatoms. The van der Waals surface area contributed by atoms with Gasteiger partial charge in [-0.25, -0.2) is 0 Å². The van der Waals surface area contributed by atoms with E-state index >= 15 is 0 Å². The zero-order valence-electron chi connectivity index (χ0n) is 12.5. The molecule has 2 fully saturated rings. The van der Waals surface area contributed by atoms with E-state index in [1.165, 1.54) is 12.8 Å². The van der Waals surface area contributed by atoms with Gasteiger partial charge >= 0.3 is 5.97 Å². The molecule has 0 aromatic heterocycles. The van der Waals surface area contributed by atoms with Crippen LogP contribution in [0.3, 0.4) is 0 Å². The summed E-state index contributed by atoms with van der Waals surface area (Å²) in [4.78, 5) is 25.5. The number of nitrogens with zero attached hydrogens (tertiary/aromatic N) is 1. The van der Waals surface area contributed by atoms with E-state index in [1.54, 1.807) is 0 Å². The lowest BCUT2D eigenvalue weighted by Gasteiger charge is -2.43. The number of carboxylic acids is 1. The van der Waals surface area contributed by atoms with E-state index in [1.807, 2.05) is 18.7 Å². The second-order valence-electron chi connectivity index (χ2n) is 6.85. The average molecular weight is 282 g/mol. The van der Waals surface area contributed by atoms with Crippen molar-refractivity contribution in [3.05, 3.63) is 0 Å². The summed E-state index contributed by atoms with van der Waals surface area (Å²) in [6.45, 7) is 4.86. The zero-order valence-corrected chi connectivity index (χ0v) is 12.5. The molecule has 1 aliphatic carbocycles. The summed E-state index contributed by atoms with van der Waals surface area (Å²) in [6.07, 6.45) is 6.32. The molecule has 1 unspecified atom stereocenters. The molecule has 1 atom stereocenters. The van der Waals surface area contributed by atoms with Gasteiger partial charge in [-0.3, -0.25) is 14.5 Å². The highest BCUT2D eigenvalue weighted by molar-refractivity contribution is 5.80. The van der Waals surface area contributed by atoms with Crippen molar-refractivity contribution in [2.24, 2.45) is 5.41 Å². The van der Waals surface area contributed by atoms with Crippen molar-refractivity contribution in [1.29, 1.82) is 0 Å². The van der Waals surface area contributed by atoms with Gasteiger partial charge in [0, 0.05) is 6.04 Å². The highest BCUT2D eigenvalue weighted by Gasteiger charge is 2.43. The number of carboxylic acid groups (broad SMARTS) is 1. The molecular formula is C15H26N2O3. The fraction of sp³-hybridized carbons (Fsp3) is 0.867. The number of carbonyl (C=O) groups is 2. The molecule has 0 aromatic carbocycles. The maximum atomic E-state index is 12.1. The molecule has 114 valence electrons. The normalized spacial score (nSPS) is 27.4. The van der Waals surface area contributed by atoms with Crippen molar-refractivity contribution in [2.45, 2.75) is 64.5 Å². The molecule has 2 aliphatic rings. The Bertz CT molecular complexity index is 375. The minimum absolute atomic E-state index is 0.0270. The van der Waals surface area contributed by atoms with E-state index < -0.39 is 12.0 Å². The summed E-state index contributed by atoms with van der Waals surface area (Å²) in [5.41, 5.74) is -0.280. The van der Waals surface area contributed by atoms with Gasteiger partial charge in [0.25, 0.3) is 0 Å². The third-order valence-electron chi connectivity index (χ3n) is 4.67. The summed E-state index contributed by atoms with van der Waals surface area (Å²) >= 11 is 0. The van der Waals surface area contributed by atoms with Crippen LogP contribution in [0, 0.1) is 5.41 Å². The van der Waals surface area contributed by atoms with Crippen molar-refractivity contribution in [1.82, 2.24) is 10.2 Å². The second-order valence-corrected chi connectivity index (χ2v) is 6.85. The first-order valence-electron chi connectivity index (χ1n) is 7.66. The van der Waals surface area contributed by atoms with E-state index in [9.17, 15) is 14.7 Å². The van der Waals surface area contributed by atoms with Gasteiger partial charge in [-0.2, -0.15) is 0 Å². The Balaban J connectivity index is 1.95. The molecule has 2 N–H and O–H groups in total. The largest absolute Gasteiger partial charge is 0.480 e. The van der Waals surface area contributed by atoms with Gasteiger partial charge in [0.2, 0.25) is 5.91 Å².